The average molecular weight is 250 g/mol. The van der Waals surface area contributed by atoms with E-state index in [1.54, 1.807) is 18.2 Å². The van der Waals surface area contributed by atoms with Crippen LogP contribution in [-0.2, 0) is 11.2 Å². The Balaban J connectivity index is 2.46. The van der Waals surface area contributed by atoms with Crippen molar-refractivity contribution >= 4 is 11.8 Å². The Morgan fingerprint density at radius 3 is 2.78 bits per heavy atom. The smallest absolute Gasteiger partial charge is 0.307 e. The lowest BCUT2D eigenvalue weighted by Gasteiger charge is -2.28. The summed E-state index contributed by atoms with van der Waals surface area (Å²) in [5, 5.41) is 18.3. The molecule has 1 aliphatic rings. The van der Waals surface area contributed by atoms with E-state index in [9.17, 15) is 14.7 Å². The summed E-state index contributed by atoms with van der Waals surface area (Å²) in [5.41, 5.74) is 1.14. The Hall–Kier alpha value is -1.88. The summed E-state index contributed by atoms with van der Waals surface area (Å²) in [5.74, 6) is -2.56. The van der Waals surface area contributed by atoms with Crippen LogP contribution in [0, 0.1) is 11.8 Å². The SMILES string of the molecule is COc1ccc2c(c1)C(=O)[C@@H](CO)[C@@H](C(=O)O)C2. The molecule has 0 spiro atoms. The van der Waals surface area contributed by atoms with Gasteiger partial charge in [-0.1, -0.05) is 6.07 Å². The van der Waals surface area contributed by atoms with Gasteiger partial charge in [-0.05, 0) is 24.1 Å². The molecule has 1 aliphatic carbocycles. The molecule has 2 N–H and O–H groups in total. The number of rotatable bonds is 3. The number of benzene rings is 1. The Morgan fingerprint density at radius 1 is 1.50 bits per heavy atom. The van der Waals surface area contributed by atoms with Gasteiger partial charge >= 0.3 is 5.97 Å². The second-order valence-corrected chi connectivity index (χ2v) is 4.33. The maximum Gasteiger partial charge on any atom is 0.307 e. The molecule has 96 valence electrons. The van der Waals surface area contributed by atoms with Crippen molar-refractivity contribution in [2.45, 2.75) is 6.42 Å². The first-order valence-corrected chi connectivity index (χ1v) is 5.63. The zero-order valence-corrected chi connectivity index (χ0v) is 9.92. The zero-order chi connectivity index (χ0) is 13.3. The number of carbonyl (C=O) groups excluding carboxylic acids is 1. The van der Waals surface area contributed by atoms with Gasteiger partial charge in [0.25, 0.3) is 0 Å². The third kappa shape index (κ3) is 1.97. The normalized spacial score (nSPS) is 22.4. The fourth-order valence-electron chi connectivity index (χ4n) is 2.32. The van der Waals surface area contributed by atoms with E-state index in [0.717, 1.165) is 0 Å². The van der Waals surface area contributed by atoms with Gasteiger partial charge in [-0.2, -0.15) is 0 Å². The van der Waals surface area contributed by atoms with E-state index >= 15 is 0 Å². The predicted molar refractivity (Wildman–Crippen MR) is 62.7 cm³/mol. The summed E-state index contributed by atoms with van der Waals surface area (Å²) in [6, 6.07) is 5.00. The summed E-state index contributed by atoms with van der Waals surface area (Å²) in [6.45, 7) is -0.452. The zero-order valence-electron chi connectivity index (χ0n) is 9.92. The highest BCUT2D eigenvalue weighted by molar-refractivity contribution is 6.03. The number of aliphatic hydroxyl groups is 1. The molecular weight excluding hydrogens is 236 g/mol. The Morgan fingerprint density at radius 2 is 2.22 bits per heavy atom. The minimum Gasteiger partial charge on any atom is -0.497 e. The van der Waals surface area contributed by atoms with Crippen LogP contribution in [0.4, 0.5) is 0 Å². The maximum atomic E-state index is 12.2. The van der Waals surface area contributed by atoms with E-state index in [1.807, 2.05) is 0 Å². The molecule has 1 aromatic rings. The van der Waals surface area contributed by atoms with Gasteiger partial charge in [0, 0.05) is 5.56 Å². The van der Waals surface area contributed by atoms with Gasteiger partial charge in [0.05, 0.1) is 25.6 Å². The summed E-state index contributed by atoms with van der Waals surface area (Å²) in [7, 11) is 1.50. The largest absolute Gasteiger partial charge is 0.497 e. The Kier molecular flexibility index (Phi) is 3.34. The van der Waals surface area contributed by atoms with Crippen LogP contribution in [-0.4, -0.2) is 35.7 Å². The number of Topliss-reactive ketones (excluding diaryl/α,β-unsaturated/α-hetero) is 1. The highest BCUT2D eigenvalue weighted by atomic mass is 16.5. The van der Waals surface area contributed by atoms with Crippen LogP contribution >= 0.6 is 0 Å². The number of carboxylic acid groups (broad SMARTS) is 1. The van der Waals surface area contributed by atoms with Crippen molar-refractivity contribution in [3.8, 4) is 5.75 Å². The first kappa shape index (κ1) is 12.6. The number of ether oxygens (including phenoxy) is 1. The van der Waals surface area contributed by atoms with Crippen LogP contribution in [0.25, 0.3) is 0 Å². The minimum atomic E-state index is -1.05. The summed E-state index contributed by atoms with van der Waals surface area (Å²) >= 11 is 0. The van der Waals surface area contributed by atoms with E-state index in [1.165, 1.54) is 7.11 Å². The van der Waals surface area contributed by atoms with E-state index in [2.05, 4.69) is 0 Å². The highest BCUT2D eigenvalue weighted by Gasteiger charge is 2.39. The quantitative estimate of drug-likeness (QED) is 0.826. The lowest BCUT2D eigenvalue weighted by molar-refractivity contribution is -0.143. The van der Waals surface area contributed by atoms with Gasteiger partial charge in [0.1, 0.15) is 5.75 Å². The van der Waals surface area contributed by atoms with Crippen molar-refractivity contribution in [2.24, 2.45) is 11.8 Å². The van der Waals surface area contributed by atoms with Crippen molar-refractivity contribution in [1.29, 1.82) is 0 Å². The van der Waals surface area contributed by atoms with Crippen molar-refractivity contribution in [3.63, 3.8) is 0 Å². The second-order valence-electron chi connectivity index (χ2n) is 4.33. The number of methoxy groups -OCH3 is 1. The topological polar surface area (TPSA) is 83.8 Å². The lowest BCUT2D eigenvalue weighted by atomic mass is 9.75. The number of ketones is 1. The molecule has 0 bridgehead atoms. The number of aliphatic hydroxyl groups excluding tert-OH is 1. The van der Waals surface area contributed by atoms with E-state index in [-0.39, 0.29) is 12.2 Å². The average Bonchev–Trinajstić information content (AvgIpc) is 2.38. The van der Waals surface area contributed by atoms with Crippen molar-refractivity contribution in [3.05, 3.63) is 29.3 Å². The molecule has 0 radical (unpaired) electrons. The van der Waals surface area contributed by atoms with Gasteiger partial charge in [0.15, 0.2) is 5.78 Å². The number of carbonyl (C=O) groups is 2. The van der Waals surface area contributed by atoms with Crippen LogP contribution in [0.5, 0.6) is 5.75 Å². The number of fused-ring (bicyclic) bond motifs is 1. The molecule has 0 saturated heterocycles. The molecule has 5 nitrogen and oxygen atoms in total. The van der Waals surface area contributed by atoms with E-state index < -0.39 is 24.4 Å². The monoisotopic (exact) mass is 250 g/mol. The van der Waals surface area contributed by atoms with Crippen LogP contribution in [0.3, 0.4) is 0 Å². The summed E-state index contributed by atoms with van der Waals surface area (Å²) in [6.07, 6.45) is 0.256. The van der Waals surface area contributed by atoms with Gasteiger partial charge in [0.2, 0.25) is 0 Å². The van der Waals surface area contributed by atoms with Crippen LogP contribution in [0.1, 0.15) is 15.9 Å². The Bertz CT molecular complexity index is 494. The minimum absolute atomic E-state index is 0.256. The molecule has 0 aromatic heterocycles. The molecule has 0 amide bonds. The maximum absolute atomic E-state index is 12.2. The molecule has 18 heavy (non-hydrogen) atoms. The van der Waals surface area contributed by atoms with Crippen LogP contribution in [0.2, 0.25) is 0 Å². The molecule has 5 heteroatoms. The standard InChI is InChI=1S/C13H14O5/c1-18-8-3-2-7-4-10(13(16)17)11(6-14)12(15)9(7)5-8/h2-3,5,10-11,14H,4,6H2,1H3,(H,16,17)/t10-,11-/m0/s1. The van der Waals surface area contributed by atoms with E-state index in [0.29, 0.717) is 16.9 Å². The number of hydrogen-bond acceptors (Lipinski definition) is 4. The van der Waals surface area contributed by atoms with Crippen LogP contribution in [0.15, 0.2) is 18.2 Å². The lowest BCUT2D eigenvalue weighted by Crippen LogP contribution is -2.38. The molecule has 0 aliphatic heterocycles. The molecule has 0 fully saturated rings. The summed E-state index contributed by atoms with van der Waals surface area (Å²) < 4.78 is 5.04. The van der Waals surface area contributed by atoms with Crippen molar-refractivity contribution in [1.82, 2.24) is 0 Å². The fourth-order valence-corrected chi connectivity index (χ4v) is 2.32. The third-order valence-electron chi connectivity index (χ3n) is 3.36. The number of carboxylic acids is 1. The Labute approximate surface area is 104 Å². The van der Waals surface area contributed by atoms with Crippen LogP contribution < -0.4 is 4.74 Å². The summed E-state index contributed by atoms with van der Waals surface area (Å²) in [4.78, 5) is 23.3. The molecule has 1 aromatic carbocycles. The van der Waals surface area contributed by atoms with Crippen molar-refractivity contribution < 1.29 is 24.5 Å². The molecule has 0 saturated carbocycles. The first-order valence-electron chi connectivity index (χ1n) is 5.63. The third-order valence-corrected chi connectivity index (χ3v) is 3.36. The van der Waals surface area contributed by atoms with Gasteiger partial charge in [-0.25, -0.2) is 0 Å². The fraction of sp³-hybridized carbons (Fsp3) is 0.385. The highest BCUT2D eigenvalue weighted by Crippen LogP contribution is 2.32. The van der Waals surface area contributed by atoms with Gasteiger partial charge in [-0.3, -0.25) is 9.59 Å². The number of aliphatic carboxylic acids is 1. The van der Waals surface area contributed by atoms with Gasteiger partial charge < -0.3 is 14.9 Å². The molecule has 0 heterocycles. The molecule has 0 unspecified atom stereocenters. The molecular formula is C13H14O5. The first-order chi connectivity index (χ1) is 8.58. The van der Waals surface area contributed by atoms with Crippen molar-refractivity contribution in [2.75, 3.05) is 13.7 Å². The second kappa shape index (κ2) is 4.78. The molecule has 2 rings (SSSR count). The van der Waals surface area contributed by atoms with E-state index in [4.69, 9.17) is 9.84 Å². The van der Waals surface area contributed by atoms with Gasteiger partial charge in [-0.15, -0.1) is 0 Å². The number of hydrogen-bond donors (Lipinski definition) is 2. The predicted octanol–water partition coefficient (Wildman–Crippen LogP) is 0.743. The molecule has 2 atom stereocenters.